The molecule has 6 heteroatoms. The quantitative estimate of drug-likeness (QED) is 0.657. The van der Waals surface area contributed by atoms with Crippen LogP contribution in [0.5, 0.6) is 11.5 Å². The number of ether oxygens (including phenoxy) is 2. The maximum Gasteiger partial charge on any atom is 0.161 e. The van der Waals surface area contributed by atoms with Gasteiger partial charge in [0.05, 0.1) is 7.11 Å². The van der Waals surface area contributed by atoms with Gasteiger partial charge in [-0.25, -0.2) is 8.78 Å². The van der Waals surface area contributed by atoms with Crippen LogP contribution in [0.4, 0.5) is 8.78 Å². The second-order valence-electron chi connectivity index (χ2n) is 4.30. The number of benzene rings is 2. The molecule has 0 amide bonds. The second-order valence-corrected chi connectivity index (χ2v) is 4.30. The fraction of sp³-hybridized carbons (Fsp3) is 0.133. The maximum absolute atomic E-state index is 13.5. The van der Waals surface area contributed by atoms with Crippen molar-refractivity contribution in [3.05, 3.63) is 59.2 Å². The van der Waals surface area contributed by atoms with Crippen LogP contribution in [-0.2, 0) is 6.61 Å². The second kappa shape index (κ2) is 6.21. The molecule has 0 heterocycles. The molecule has 0 saturated carbocycles. The Hall–Kier alpha value is -2.63. The molecule has 0 spiro atoms. The Balaban J connectivity index is 2.19. The molecule has 2 aromatic carbocycles. The van der Waals surface area contributed by atoms with Crippen molar-refractivity contribution in [1.29, 1.82) is 5.41 Å². The molecule has 0 atom stereocenters. The molecular weight excluding hydrogens is 278 g/mol. The van der Waals surface area contributed by atoms with Crippen molar-refractivity contribution in [1.82, 2.24) is 0 Å². The van der Waals surface area contributed by atoms with Gasteiger partial charge in [0.2, 0.25) is 0 Å². The van der Waals surface area contributed by atoms with Gasteiger partial charge in [-0.2, -0.15) is 0 Å². The lowest BCUT2D eigenvalue weighted by Gasteiger charge is -2.12. The molecular formula is C15H14F2N2O2. The minimum absolute atomic E-state index is 0.101. The lowest BCUT2D eigenvalue weighted by atomic mass is 10.2. The van der Waals surface area contributed by atoms with Crippen LogP contribution in [0.2, 0.25) is 0 Å². The summed E-state index contributed by atoms with van der Waals surface area (Å²) in [7, 11) is 1.44. The summed E-state index contributed by atoms with van der Waals surface area (Å²) >= 11 is 0. The van der Waals surface area contributed by atoms with Crippen molar-refractivity contribution < 1.29 is 18.3 Å². The summed E-state index contributed by atoms with van der Waals surface area (Å²) in [6, 6.07) is 7.85. The van der Waals surface area contributed by atoms with Crippen molar-refractivity contribution in [3.63, 3.8) is 0 Å². The van der Waals surface area contributed by atoms with E-state index in [1.165, 1.54) is 7.11 Å². The highest BCUT2D eigenvalue weighted by Gasteiger charge is 2.10. The average molecular weight is 292 g/mol. The summed E-state index contributed by atoms with van der Waals surface area (Å²) in [6.07, 6.45) is 0. The summed E-state index contributed by atoms with van der Waals surface area (Å²) in [4.78, 5) is 0. The van der Waals surface area contributed by atoms with Gasteiger partial charge in [-0.05, 0) is 36.4 Å². The zero-order chi connectivity index (χ0) is 15.4. The Bertz CT molecular complexity index is 675. The van der Waals surface area contributed by atoms with Crippen LogP contribution < -0.4 is 15.2 Å². The summed E-state index contributed by atoms with van der Waals surface area (Å²) in [5, 5.41) is 7.36. The molecule has 0 fully saturated rings. The third-order valence-corrected chi connectivity index (χ3v) is 2.87. The number of nitrogen functional groups attached to an aromatic ring is 1. The molecule has 0 bridgehead atoms. The van der Waals surface area contributed by atoms with Gasteiger partial charge in [-0.3, -0.25) is 5.41 Å². The fourth-order valence-electron chi connectivity index (χ4n) is 1.76. The Morgan fingerprint density at radius 1 is 1.14 bits per heavy atom. The first-order valence-electron chi connectivity index (χ1n) is 6.10. The highest BCUT2D eigenvalue weighted by atomic mass is 19.1. The van der Waals surface area contributed by atoms with Gasteiger partial charge in [-0.15, -0.1) is 0 Å². The van der Waals surface area contributed by atoms with E-state index < -0.39 is 11.6 Å². The largest absolute Gasteiger partial charge is 0.493 e. The Kier molecular flexibility index (Phi) is 4.37. The van der Waals surface area contributed by atoms with Crippen molar-refractivity contribution in [3.8, 4) is 11.5 Å². The topological polar surface area (TPSA) is 68.3 Å². The van der Waals surface area contributed by atoms with E-state index in [0.717, 1.165) is 18.2 Å². The number of hydrogen-bond donors (Lipinski definition) is 2. The molecule has 21 heavy (non-hydrogen) atoms. The van der Waals surface area contributed by atoms with E-state index in [1.54, 1.807) is 18.2 Å². The number of nitrogens with one attached hydrogen (secondary N) is 1. The van der Waals surface area contributed by atoms with Crippen LogP contribution in [0.15, 0.2) is 36.4 Å². The van der Waals surface area contributed by atoms with Crippen LogP contribution >= 0.6 is 0 Å². The molecule has 0 radical (unpaired) electrons. The number of hydrogen-bond acceptors (Lipinski definition) is 3. The molecule has 0 aromatic heterocycles. The number of halogens is 2. The summed E-state index contributed by atoms with van der Waals surface area (Å²) in [6.45, 7) is -0.140. The van der Waals surface area contributed by atoms with Gasteiger partial charge >= 0.3 is 0 Å². The number of amidine groups is 1. The molecule has 0 aliphatic heterocycles. The first-order valence-corrected chi connectivity index (χ1v) is 6.10. The van der Waals surface area contributed by atoms with E-state index in [2.05, 4.69) is 0 Å². The highest BCUT2D eigenvalue weighted by Crippen LogP contribution is 2.29. The lowest BCUT2D eigenvalue weighted by molar-refractivity contribution is 0.279. The first kappa shape index (κ1) is 14.8. The third-order valence-electron chi connectivity index (χ3n) is 2.87. The zero-order valence-electron chi connectivity index (χ0n) is 11.3. The van der Waals surface area contributed by atoms with Crippen LogP contribution in [0.3, 0.4) is 0 Å². The molecule has 0 aliphatic rings. The minimum Gasteiger partial charge on any atom is -0.493 e. The van der Waals surface area contributed by atoms with E-state index in [0.29, 0.717) is 17.1 Å². The molecule has 2 rings (SSSR count). The van der Waals surface area contributed by atoms with Gasteiger partial charge in [0, 0.05) is 11.1 Å². The maximum atomic E-state index is 13.5. The van der Waals surface area contributed by atoms with Crippen molar-refractivity contribution in [2.75, 3.05) is 7.11 Å². The summed E-state index contributed by atoms with van der Waals surface area (Å²) in [5.74, 6) is -0.466. The Morgan fingerprint density at radius 3 is 2.57 bits per heavy atom. The smallest absolute Gasteiger partial charge is 0.161 e. The first-order chi connectivity index (χ1) is 10.0. The zero-order valence-corrected chi connectivity index (χ0v) is 11.3. The number of methoxy groups -OCH3 is 1. The monoisotopic (exact) mass is 292 g/mol. The number of nitrogens with two attached hydrogens (primary N) is 1. The van der Waals surface area contributed by atoms with E-state index in [-0.39, 0.29) is 18.0 Å². The van der Waals surface area contributed by atoms with Crippen LogP contribution in [0.1, 0.15) is 11.1 Å². The van der Waals surface area contributed by atoms with E-state index in [1.807, 2.05) is 0 Å². The summed E-state index contributed by atoms with van der Waals surface area (Å²) in [5.41, 5.74) is 5.97. The van der Waals surface area contributed by atoms with Crippen molar-refractivity contribution in [2.24, 2.45) is 5.73 Å². The SMILES string of the molecule is COc1cc(C(=N)N)ccc1OCc1cc(F)ccc1F. The molecule has 0 aliphatic carbocycles. The molecule has 2 aromatic rings. The van der Waals surface area contributed by atoms with E-state index in [4.69, 9.17) is 20.6 Å². The third kappa shape index (κ3) is 3.47. The highest BCUT2D eigenvalue weighted by molar-refractivity contribution is 5.95. The van der Waals surface area contributed by atoms with Gasteiger partial charge < -0.3 is 15.2 Å². The summed E-state index contributed by atoms with van der Waals surface area (Å²) < 4.78 is 37.2. The molecule has 110 valence electrons. The Morgan fingerprint density at radius 2 is 1.90 bits per heavy atom. The van der Waals surface area contributed by atoms with Crippen molar-refractivity contribution in [2.45, 2.75) is 6.61 Å². The van der Waals surface area contributed by atoms with Crippen LogP contribution in [-0.4, -0.2) is 12.9 Å². The number of rotatable bonds is 5. The van der Waals surface area contributed by atoms with Gasteiger partial charge in [0.1, 0.15) is 24.1 Å². The molecule has 0 saturated heterocycles. The lowest BCUT2D eigenvalue weighted by Crippen LogP contribution is -2.11. The normalized spacial score (nSPS) is 10.2. The minimum atomic E-state index is -0.546. The molecule has 4 nitrogen and oxygen atoms in total. The van der Waals surface area contributed by atoms with Crippen molar-refractivity contribution >= 4 is 5.84 Å². The molecule has 3 N–H and O–H groups in total. The Labute approximate surface area is 120 Å². The average Bonchev–Trinajstić information content (AvgIpc) is 2.47. The molecule has 0 unspecified atom stereocenters. The predicted octanol–water partition coefficient (Wildman–Crippen LogP) is 2.84. The van der Waals surface area contributed by atoms with Gasteiger partial charge in [0.15, 0.2) is 11.5 Å². The fourth-order valence-corrected chi connectivity index (χ4v) is 1.76. The van der Waals surface area contributed by atoms with E-state index >= 15 is 0 Å². The van der Waals surface area contributed by atoms with Crippen LogP contribution in [0, 0.1) is 17.0 Å². The van der Waals surface area contributed by atoms with Crippen LogP contribution in [0.25, 0.3) is 0 Å². The van der Waals surface area contributed by atoms with E-state index in [9.17, 15) is 8.78 Å². The standard InChI is InChI=1S/C15H14F2N2O2/c1-20-14-7-9(15(18)19)2-5-13(14)21-8-10-6-11(16)3-4-12(10)17/h2-7H,8H2,1H3,(H3,18,19). The van der Waals surface area contributed by atoms with Gasteiger partial charge in [0.25, 0.3) is 0 Å². The van der Waals surface area contributed by atoms with Gasteiger partial charge in [-0.1, -0.05) is 0 Å². The predicted molar refractivity (Wildman–Crippen MR) is 74.7 cm³/mol.